The van der Waals surface area contributed by atoms with Crippen LogP contribution in [0.5, 0.6) is 0 Å². The summed E-state index contributed by atoms with van der Waals surface area (Å²) in [7, 11) is 0. The van der Waals surface area contributed by atoms with Crippen LogP contribution in [0.25, 0.3) is 5.65 Å². The highest BCUT2D eigenvalue weighted by Gasteiger charge is 2.09. The van der Waals surface area contributed by atoms with Gasteiger partial charge in [-0.2, -0.15) is 11.3 Å². The van der Waals surface area contributed by atoms with Crippen LogP contribution in [0.3, 0.4) is 0 Å². The number of aryl methyl sites for hydroxylation is 1. The van der Waals surface area contributed by atoms with Crippen molar-refractivity contribution in [3.63, 3.8) is 0 Å². The molecule has 0 aliphatic heterocycles. The van der Waals surface area contributed by atoms with Crippen LogP contribution in [0.15, 0.2) is 46.0 Å². The number of thiophene rings is 1. The van der Waals surface area contributed by atoms with Gasteiger partial charge in [-0.15, -0.1) is 0 Å². The van der Waals surface area contributed by atoms with E-state index in [0.717, 1.165) is 5.56 Å². The molecule has 8 heteroatoms. The number of rotatable bonds is 6. The highest BCUT2D eigenvalue weighted by Crippen LogP contribution is 2.06. The van der Waals surface area contributed by atoms with Crippen molar-refractivity contribution in [1.82, 2.24) is 14.7 Å². The molecule has 0 aliphatic rings. The van der Waals surface area contributed by atoms with E-state index >= 15 is 0 Å². The molecule has 0 aromatic carbocycles. The maximum atomic E-state index is 12.1. The number of carbonyl (C=O) groups is 2. The zero-order valence-electron chi connectivity index (χ0n) is 14.1. The second-order valence-corrected chi connectivity index (χ2v) is 6.48. The van der Waals surface area contributed by atoms with Crippen molar-refractivity contribution in [3.8, 4) is 0 Å². The van der Waals surface area contributed by atoms with Crippen LogP contribution in [-0.2, 0) is 16.1 Å². The van der Waals surface area contributed by atoms with E-state index in [9.17, 15) is 14.4 Å². The lowest BCUT2D eigenvalue weighted by Crippen LogP contribution is -2.26. The monoisotopic (exact) mass is 371 g/mol. The van der Waals surface area contributed by atoms with Gasteiger partial charge in [-0.05, 0) is 36.1 Å². The molecule has 0 spiro atoms. The Morgan fingerprint density at radius 2 is 2.15 bits per heavy atom. The molecule has 1 amide bonds. The summed E-state index contributed by atoms with van der Waals surface area (Å²) < 4.78 is 6.56. The molecule has 0 radical (unpaired) electrons. The molecule has 0 unspecified atom stereocenters. The molecular weight excluding hydrogens is 354 g/mol. The summed E-state index contributed by atoms with van der Waals surface area (Å²) in [5.41, 5.74) is 2.21. The average molecular weight is 371 g/mol. The molecule has 3 rings (SSSR count). The minimum absolute atomic E-state index is 0.0432. The summed E-state index contributed by atoms with van der Waals surface area (Å²) in [5, 5.41) is 6.20. The van der Waals surface area contributed by atoms with E-state index in [-0.39, 0.29) is 31.0 Å². The Kier molecular flexibility index (Phi) is 5.43. The topological polar surface area (TPSA) is 89.8 Å². The van der Waals surface area contributed by atoms with Crippen LogP contribution >= 0.6 is 11.3 Å². The number of aromatic nitrogens is 2. The average Bonchev–Trinajstić information content (AvgIpc) is 3.14. The van der Waals surface area contributed by atoms with Gasteiger partial charge in [-0.3, -0.25) is 18.8 Å². The third-order valence-corrected chi connectivity index (χ3v) is 4.34. The van der Waals surface area contributed by atoms with E-state index in [4.69, 9.17) is 4.74 Å². The third kappa shape index (κ3) is 4.34. The maximum Gasteiger partial charge on any atom is 0.307 e. The first-order valence-corrected chi connectivity index (χ1v) is 8.92. The van der Waals surface area contributed by atoms with Crippen molar-refractivity contribution in [1.29, 1.82) is 0 Å². The SMILES string of the molecule is Cc1ccn2c(=O)cc(COC(=O)CCNC(=O)c3ccsc3)nc2c1. The fourth-order valence-corrected chi connectivity index (χ4v) is 2.96. The van der Waals surface area contributed by atoms with Gasteiger partial charge < -0.3 is 10.1 Å². The number of pyridine rings is 1. The maximum absolute atomic E-state index is 12.1. The first-order chi connectivity index (χ1) is 12.5. The van der Waals surface area contributed by atoms with Crippen molar-refractivity contribution in [2.45, 2.75) is 20.0 Å². The quantitative estimate of drug-likeness (QED) is 0.669. The van der Waals surface area contributed by atoms with Crippen molar-refractivity contribution < 1.29 is 14.3 Å². The second-order valence-electron chi connectivity index (χ2n) is 5.70. The zero-order valence-corrected chi connectivity index (χ0v) is 14.9. The van der Waals surface area contributed by atoms with Gasteiger partial charge in [0.1, 0.15) is 12.3 Å². The van der Waals surface area contributed by atoms with Crippen LogP contribution in [0.4, 0.5) is 0 Å². The van der Waals surface area contributed by atoms with Crippen molar-refractivity contribution in [3.05, 3.63) is 68.4 Å². The lowest BCUT2D eigenvalue weighted by Gasteiger charge is -2.07. The van der Waals surface area contributed by atoms with Gasteiger partial charge in [0.15, 0.2) is 0 Å². The van der Waals surface area contributed by atoms with Crippen LogP contribution < -0.4 is 10.9 Å². The fourth-order valence-electron chi connectivity index (χ4n) is 2.33. The van der Waals surface area contributed by atoms with E-state index in [2.05, 4.69) is 10.3 Å². The van der Waals surface area contributed by atoms with Crippen LogP contribution in [0, 0.1) is 6.92 Å². The minimum Gasteiger partial charge on any atom is -0.459 e. The Balaban J connectivity index is 1.52. The van der Waals surface area contributed by atoms with E-state index in [0.29, 0.717) is 16.9 Å². The molecule has 3 aromatic heterocycles. The molecule has 0 aliphatic carbocycles. The van der Waals surface area contributed by atoms with Gasteiger partial charge in [-0.1, -0.05) is 0 Å². The molecule has 0 saturated heterocycles. The van der Waals surface area contributed by atoms with Gasteiger partial charge in [0.25, 0.3) is 11.5 Å². The van der Waals surface area contributed by atoms with Crippen LogP contribution in [-0.4, -0.2) is 27.8 Å². The van der Waals surface area contributed by atoms with Gasteiger partial charge in [-0.25, -0.2) is 4.98 Å². The largest absolute Gasteiger partial charge is 0.459 e. The first kappa shape index (κ1) is 17.8. The number of carbonyl (C=O) groups excluding carboxylic acids is 2. The van der Waals surface area contributed by atoms with E-state index in [1.165, 1.54) is 21.8 Å². The van der Waals surface area contributed by atoms with Gasteiger partial charge in [0.2, 0.25) is 0 Å². The predicted molar refractivity (Wildman–Crippen MR) is 97.3 cm³/mol. The normalized spacial score (nSPS) is 10.7. The summed E-state index contributed by atoms with van der Waals surface area (Å²) in [6.07, 6.45) is 1.70. The first-order valence-electron chi connectivity index (χ1n) is 7.98. The van der Waals surface area contributed by atoms with Crippen molar-refractivity contribution in [2.75, 3.05) is 6.54 Å². The van der Waals surface area contributed by atoms with Crippen LogP contribution in [0.2, 0.25) is 0 Å². The number of esters is 1. The Morgan fingerprint density at radius 3 is 2.92 bits per heavy atom. The summed E-state index contributed by atoms with van der Waals surface area (Å²) >= 11 is 1.43. The summed E-state index contributed by atoms with van der Waals surface area (Å²) in [6.45, 7) is 2.00. The zero-order chi connectivity index (χ0) is 18.5. The number of hydrogen-bond donors (Lipinski definition) is 1. The standard InChI is InChI=1S/C18H17N3O4S/c1-12-3-6-21-15(8-12)20-14(9-16(21)22)10-25-17(23)2-5-19-18(24)13-4-7-26-11-13/h3-4,6-9,11H,2,5,10H2,1H3,(H,19,24). The lowest BCUT2D eigenvalue weighted by molar-refractivity contribution is -0.144. The number of nitrogens with one attached hydrogen (secondary N) is 1. The van der Waals surface area contributed by atoms with Gasteiger partial charge in [0, 0.05) is 29.8 Å². The van der Waals surface area contributed by atoms with Crippen LogP contribution in [0.1, 0.15) is 28.0 Å². The Bertz CT molecular complexity index is 995. The Labute approximate surface area is 153 Å². The summed E-state index contributed by atoms with van der Waals surface area (Å²) in [6, 6.07) is 6.66. The Morgan fingerprint density at radius 1 is 1.31 bits per heavy atom. The number of hydrogen-bond acceptors (Lipinski definition) is 6. The van der Waals surface area contributed by atoms with E-state index < -0.39 is 5.97 Å². The van der Waals surface area contributed by atoms with E-state index in [1.54, 1.807) is 23.7 Å². The van der Waals surface area contributed by atoms with Gasteiger partial charge in [0.05, 0.1) is 12.1 Å². The molecular formula is C18H17N3O4S. The Hall–Kier alpha value is -3.00. The molecule has 7 nitrogen and oxygen atoms in total. The molecule has 0 atom stereocenters. The molecule has 0 saturated carbocycles. The number of ether oxygens (including phenoxy) is 1. The summed E-state index contributed by atoms with van der Waals surface area (Å²) in [5.74, 6) is -0.694. The molecule has 0 bridgehead atoms. The van der Waals surface area contributed by atoms with Gasteiger partial charge >= 0.3 is 5.97 Å². The number of nitrogens with zero attached hydrogens (tertiary/aromatic N) is 2. The molecule has 1 N–H and O–H groups in total. The highest BCUT2D eigenvalue weighted by molar-refractivity contribution is 7.08. The highest BCUT2D eigenvalue weighted by atomic mass is 32.1. The van der Waals surface area contributed by atoms with Crippen molar-refractivity contribution in [2.24, 2.45) is 0 Å². The fraction of sp³-hybridized carbons (Fsp3) is 0.222. The predicted octanol–water partition coefficient (Wildman–Crippen LogP) is 1.93. The smallest absolute Gasteiger partial charge is 0.307 e. The van der Waals surface area contributed by atoms with E-state index in [1.807, 2.05) is 18.4 Å². The molecule has 26 heavy (non-hydrogen) atoms. The molecule has 134 valence electrons. The molecule has 3 aromatic rings. The number of fused-ring (bicyclic) bond motifs is 1. The minimum atomic E-state index is -0.471. The number of amides is 1. The van der Waals surface area contributed by atoms with Crippen molar-refractivity contribution >= 4 is 28.9 Å². The lowest BCUT2D eigenvalue weighted by atomic mass is 10.3. The summed E-state index contributed by atoms with van der Waals surface area (Å²) in [4.78, 5) is 39.9. The third-order valence-electron chi connectivity index (χ3n) is 3.65. The second kappa shape index (κ2) is 7.92. The molecule has 0 fully saturated rings. The molecule has 3 heterocycles.